The Morgan fingerprint density at radius 2 is 2.20 bits per heavy atom. The van der Waals surface area contributed by atoms with Crippen molar-refractivity contribution in [1.29, 1.82) is 0 Å². The van der Waals surface area contributed by atoms with Crippen molar-refractivity contribution in [2.24, 2.45) is 11.1 Å². The molecule has 1 aliphatic rings. The van der Waals surface area contributed by atoms with Crippen LogP contribution in [0.3, 0.4) is 0 Å². The maximum atomic E-state index is 11.3. The number of primary amides is 1. The molecule has 1 unspecified atom stereocenters. The van der Waals surface area contributed by atoms with Crippen molar-refractivity contribution in [1.82, 2.24) is 10.2 Å². The summed E-state index contributed by atoms with van der Waals surface area (Å²) >= 11 is 0. The molecule has 25 heavy (non-hydrogen) atoms. The molecular formula is C19H19N3O3. The van der Waals surface area contributed by atoms with Crippen LogP contribution in [0.5, 0.6) is 5.75 Å². The fourth-order valence-corrected chi connectivity index (χ4v) is 3.36. The number of H-pyrrole nitrogens is 1. The number of nitrogens with zero attached hydrogens (tertiary/aromatic N) is 1. The van der Waals surface area contributed by atoms with Crippen molar-refractivity contribution in [3.8, 4) is 16.9 Å². The number of nitrogens with one attached hydrogen (secondary N) is 1. The van der Waals surface area contributed by atoms with E-state index >= 15 is 0 Å². The van der Waals surface area contributed by atoms with E-state index < -0.39 is 12.2 Å². The van der Waals surface area contributed by atoms with Crippen molar-refractivity contribution in [2.75, 3.05) is 6.61 Å². The summed E-state index contributed by atoms with van der Waals surface area (Å²) in [5, 5.41) is 8.13. The fourth-order valence-electron chi connectivity index (χ4n) is 3.36. The maximum Gasteiger partial charge on any atom is 0.405 e. The van der Waals surface area contributed by atoms with Gasteiger partial charge in [-0.3, -0.25) is 5.10 Å². The fraction of sp³-hybridized carbons (Fsp3) is 0.263. The Morgan fingerprint density at radius 1 is 1.36 bits per heavy atom. The number of carbonyl (C=O) groups is 1. The minimum atomic E-state index is -0.779. The van der Waals surface area contributed by atoms with E-state index in [-0.39, 0.29) is 5.41 Å². The van der Waals surface area contributed by atoms with E-state index in [1.165, 1.54) is 0 Å². The summed E-state index contributed by atoms with van der Waals surface area (Å²) in [4.78, 5) is 11.3. The zero-order valence-electron chi connectivity index (χ0n) is 14.1. The van der Waals surface area contributed by atoms with Crippen LogP contribution in [0.2, 0.25) is 0 Å². The summed E-state index contributed by atoms with van der Waals surface area (Å²) in [5.41, 5.74) is 8.80. The average Bonchev–Trinajstić information content (AvgIpc) is 3.05. The lowest BCUT2D eigenvalue weighted by Gasteiger charge is -2.38. The first-order valence-electron chi connectivity index (χ1n) is 8.11. The smallest absolute Gasteiger partial charge is 0.405 e. The van der Waals surface area contributed by atoms with Crippen molar-refractivity contribution < 1.29 is 14.3 Å². The van der Waals surface area contributed by atoms with E-state index in [0.717, 1.165) is 27.6 Å². The molecule has 0 aliphatic carbocycles. The zero-order chi connectivity index (χ0) is 17.6. The van der Waals surface area contributed by atoms with Gasteiger partial charge in [0.15, 0.2) is 0 Å². The SMILES string of the molecule is CC1(C)COc2cc(-c3cccc4[nH]ncc34)ccc2C1OC(N)=O. The summed E-state index contributed by atoms with van der Waals surface area (Å²) in [7, 11) is 0. The Hall–Kier alpha value is -3.02. The van der Waals surface area contributed by atoms with Crippen molar-refractivity contribution in [3.63, 3.8) is 0 Å². The molecule has 0 spiro atoms. The second-order valence-corrected chi connectivity index (χ2v) is 6.98. The Bertz CT molecular complexity index is 961. The lowest BCUT2D eigenvalue weighted by atomic mass is 9.80. The summed E-state index contributed by atoms with van der Waals surface area (Å²) < 4.78 is 11.3. The van der Waals surface area contributed by atoms with Crippen molar-refractivity contribution >= 4 is 17.0 Å². The minimum absolute atomic E-state index is 0.353. The average molecular weight is 337 g/mol. The van der Waals surface area contributed by atoms with Crippen molar-refractivity contribution in [2.45, 2.75) is 20.0 Å². The number of benzene rings is 2. The monoisotopic (exact) mass is 337 g/mol. The molecule has 0 fully saturated rings. The molecule has 4 rings (SSSR count). The predicted molar refractivity (Wildman–Crippen MR) is 94.2 cm³/mol. The van der Waals surface area contributed by atoms with Gasteiger partial charge in [0.1, 0.15) is 11.9 Å². The van der Waals surface area contributed by atoms with Gasteiger partial charge >= 0.3 is 6.09 Å². The Balaban J connectivity index is 1.80. The maximum absolute atomic E-state index is 11.3. The van der Waals surface area contributed by atoms with Crippen molar-refractivity contribution in [3.05, 3.63) is 48.2 Å². The topological polar surface area (TPSA) is 90.2 Å². The molecule has 0 saturated carbocycles. The minimum Gasteiger partial charge on any atom is -0.492 e. The Labute approximate surface area is 144 Å². The predicted octanol–water partition coefficient (Wildman–Crippen LogP) is 3.78. The number of aromatic nitrogens is 2. The molecule has 1 aliphatic heterocycles. The quantitative estimate of drug-likeness (QED) is 0.744. The molecule has 0 bridgehead atoms. The number of amides is 1. The van der Waals surface area contributed by atoms with Crippen LogP contribution in [0.25, 0.3) is 22.0 Å². The molecule has 2 aromatic carbocycles. The van der Waals surface area contributed by atoms with Gasteiger partial charge in [-0.1, -0.05) is 38.1 Å². The molecule has 3 aromatic rings. The van der Waals surface area contributed by atoms with Gasteiger partial charge in [-0.25, -0.2) is 4.79 Å². The van der Waals surface area contributed by atoms with Gasteiger partial charge in [-0.15, -0.1) is 0 Å². The highest BCUT2D eigenvalue weighted by Gasteiger charge is 2.40. The number of hydrogen-bond donors (Lipinski definition) is 2. The third-order valence-corrected chi connectivity index (χ3v) is 4.64. The highest BCUT2D eigenvalue weighted by molar-refractivity contribution is 5.94. The molecule has 6 nitrogen and oxygen atoms in total. The third-order valence-electron chi connectivity index (χ3n) is 4.64. The van der Waals surface area contributed by atoms with E-state index in [0.29, 0.717) is 12.4 Å². The van der Waals surface area contributed by atoms with Gasteiger partial charge in [0.25, 0.3) is 0 Å². The second kappa shape index (κ2) is 5.51. The van der Waals surface area contributed by atoms with E-state index in [2.05, 4.69) is 10.2 Å². The van der Waals surface area contributed by atoms with Crippen LogP contribution in [0.1, 0.15) is 25.5 Å². The van der Waals surface area contributed by atoms with Crippen LogP contribution in [-0.2, 0) is 4.74 Å². The summed E-state index contributed by atoms with van der Waals surface area (Å²) in [5.74, 6) is 0.712. The molecular weight excluding hydrogens is 318 g/mol. The number of hydrogen-bond acceptors (Lipinski definition) is 4. The van der Waals surface area contributed by atoms with Crippen LogP contribution in [0.4, 0.5) is 4.79 Å². The molecule has 128 valence electrons. The molecule has 0 saturated heterocycles. The van der Waals surface area contributed by atoms with Gasteiger partial charge in [0.05, 0.1) is 18.3 Å². The van der Waals surface area contributed by atoms with Gasteiger partial charge < -0.3 is 15.2 Å². The van der Waals surface area contributed by atoms with Crippen LogP contribution in [0.15, 0.2) is 42.6 Å². The first kappa shape index (κ1) is 15.5. The molecule has 6 heteroatoms. The van der Waals surface area contributed by atoms with E-state index in [4.69, 9.17) is 15.2 Å². The number of fused-ring (bicyclic) bond motifs is 2. The summed E-state index contributed by atoms with van der Waals surface area (Å²) in [6.07, 6.45) is 0.596. The highest BCUT2D eigenvalue weighted by atomic mass is 16.6. The lowest BCUT2D eigenvalue weighted by molar-refractivity contribution is -0.0176. The highest BCUT2D eigenvalue weighted by Crippen LogP contribution is 2.46. The Kier molecular flexibility index (Phi) is 3.42. The standard InChI is InChI=1S/C19H19N3O3/c1-19(2)10-24-16-8-11(6-7-13(16)17(19)25-18(20)23)12-4-3-5-15-14(12)9-21-22-15/h3-9,17H,10H2,1-2H3,(H2,20,23)(H,21,22). The second-order valence-electron chi connectivity index (χ2n) is 6.98. The molecule has 1 amide bonds. The van der Waals surface area contributed by atoms with Gasteiger partial charge in [0, 0.05) is 16.4 Å². The molecule has 1 aromatic heterocycles. The van der Waals surface area contributed by atoms with Gasteiger partial charge in [-0.05, 0) is 23.3 Å². The van der Waals surface area contributed by atoms with Gasteiger partial charge in [-0.2, -0.15) is 5.10 Å². The van der Waals surface area contributed by atoms with E-state index in [1.54, 1.807) is 0 Å². The summed E-state index contributed by atoms with van der Waals surface area (Å²) in [6, 6.07) is 11.9. The van der Waals surface area contributed by atoms with Crippen LogP contribution < -0.4 is 10.5 Å². The summed E-state index contributed by atoms with van der Waals surface area (Å²) in [6.45, 7) is 4.42. The Morgan fingerprint density at radius 3 is 3.00 bits per heavy atom. The lowest BCUT2D eigenvalue weighted by Crippen LogP contribution is -2.37. The van der Waals surface area contributed by atoms with Crippen LogP contribution in [-0.4, -0.2) is 22.9 Å². The molecule has 3 N–H and O–H groups in total. The number of ether oxygens (including phenoxy) is 2. The first-order chi connectivity index (χ1) is 12.0. The largest absolute Gasteiger partial charge is 0.492 e. The van der Waals surface area contributed by atoms with Gasteiger partial charge in [0.2, 0.25) is 0 Å². The third kappa shape index (κ3) is 2.59. The van der Waals surface area contributed by atoms with E-state index in [9.17, 15) is 4.79 Å². The van der Waals surface area contributed by atoms with Crippen LogP contribution >= 0.6 is 0 Å². The number of aromatic amines is 1. The van der Waals surface area contributed by atoms with Crippen LogP contribution in [0, 0.1) is 5.41 Å². The molecule has 2 heterocycles. The zero-order valence-corrected chi connectivity index (χ0v) is 14.1. The first-order valence-corrected chi connectivity index (χ1v) is 8.11. The number of carbonyl (C=O) groups excluding carboxylic acids is 1. The number of nitrogens with two attached hydrogens (primary N) is 1. The molecule has 1 atom stereocenters. The number of rotatable bonds is 2. The van der Waals surface area contributed by atoms with E-state index in [1.807, 2.05) is 56.4 Å². The molecule has 0 radical (unpaired) electrons. The normalized spacial score (nSPS) is 18.4.